The van der Waals surface area contributed by atoms with Crippen LogP contribution in [0.3, 0.4) is 0 Å². The Kier molecular flexibility index (Phi) is 6.31. The van der Waals surface area contributed by atoms with Crippen molar-refractivity contribution >= 4 is 40.2 Å². The van der Waals surface area contributed by atoms with Gasteiger partial charge in [0.1, 0.15) is 5.82 Å². The number of anilines is 1. The van der Waals surface area contributed by atoms with Crippen LogP contribution in [0, 0.1) is 5.82 Å². The average molecular weight is 419 g/mol. The highest BCUT2D eigenvalue weighted by molar-refractivity contribution is 9.10. The Labute approximate surface area is 153 Å². The monoisotopic (exact) mass is 417 g/mol. The summed E-state index contributed by atoms with van der Waals surface area (Å²) in [6.07, 6.45) is 1.94. The summed E-state index contributed by atoms with van der Waals surface area (Å²) in [4.78, 5) is 16.7. The number of hydrogen-bond acceptors (Lipinski definition) is 4. The third kappa shape index (κ3) is 4.12. The SMILES string of the molecule is Cl.Cn1nc(C2CCNCC2)nc1NC(=O)c1cc(Br)ccc1F. The van der Waals surface area contributed by atoms with E-state index in [1.54, 1.807) is 13.1 Å². The van der Waals surface area contributed by atoms with Gasteiger partial charge in [-0.1, -0.05) is 15.9 Å². The van der Waals surface area contributed by atoms with Crippen molar-refractivity contribution in [2.45, 2.75) is 18.8 Å². The van der Waals surface area contributed by atoms with E-state index in [2.05, 4.69) is 36.6 Å². The molecule has 0 unspecified atom stereocenters. The average Bonchev–Trinajstić information content (AvgIpc) is 2.91. The van der Waals surface area contributed by atoms with Crippen molar-refractivity contribution in [2.75, 3.05) is 18.4 Å². The zero-order valence-corrected chi connectivity index (χ0v) is 15.5. The molecule has 3 rings (SSSR count). The Morgan fingerprint density at radius 1 is 1.42 bits per heavy atom. The Hall–Kier alpha value is -1.51. The van der Waals surface area contributed by atoms with Crippen molar-refractivity contribution in [3.63, 3.8) is 0 Å². The maximum atomic E-state index is 13.8. The fraction of sp³-hybridized carbons (Fsp3) is 0.400. The molecular formula is C15H18BrClFN5O. The van der Waals surface area contributed by atoms with Crippen molar-refractivity contribution < 1.29 is 9.18 Å². The van der Waals surface area contributed by atoms with Gasteiger partial charge in [-0.3, -0.25) is 10.1 Å². The van der Waals surface area contributed by atoms with Crippen LogP contribution in [0.5, 0.6) is 0 Å². The summed E-state index contributed by atoms with van der Waals surface area (Å²) in [7, 11) is 1.71. The van der Waals surface area contributed by atoms with Crippen LogP contribution in [0.4, 0.5) is 10.3 Å². The number of rotatable bonds is 3. The number of aryl methyl sites for hydroxylation is 1. The molecule has 0 bridgehead atoms. The predicted octanol–water partition coefficient (Wildman–Crippen LogP) is 2.86. The maximum Gasteiger partial charge on any atom is 0.261 e. The lowest BCUT2D eigenvalue weighted by molar-refractivity contribution is 0.102. The maximum absolute atomic E-state index is 13.8. The number of aromatic nitrogens is 3. The second-order valence-electron chi connectivity index (χ2n) is 5.52. The minimum absolute atomic E-state index is 0. The van der Waals surface area contributed by atoms with Crippen LogP contribution in [-0.2, 0) is 7.05 Å². The third-order valence-electron chi connectivity index (χ3n) is 3.88. The molecule has 2 aromatic rings. The number of amides is 1. The molecule has 1 aromatic carbocycles. The van der Waals surface area contributed by atoms with E-state index in [9.17, 15) is 9.18 Å². The van der Waals surface area contributed by atoms with Crippen molar-refractivity contribution in [1.82, 2.24) is 20.1 Å². The molecule has 9 heteroatoms. The first kappa shape index (κ1) is 18.8. The van der Waals surface area contributed by atoms with Crippen molar-refractivity contribution in [3.8, 4) is 0 Å². The summed E-state index contributed by atoms with van der Waals surface area (Å²) < 4.78 is 15.9. The molecule has 1 aliphatic rings. The van der Waals surface area contributed by atoms with Crippen LogP contribution in [0.25, 0.3) is 0 Å². The fourth-order valence-electron chi connectivity index (χ4n) is 2.61. The van der Waals surface area contributed by atoms with Gasteiger partial charge >= 0.3 is 0 Å². The minimum Gasteiger partial charge on any atom is -0.317 e. The first-order valence-electron chi connectivity index (χ1n) is 7.42. The lowest BCUT2D eigenvalue weighted by Gasteiger charge is -2.19. The van der Waals surface area contributed by atoms with Crippen LogP contribution in [0.15, 0.2) is 22.7 Å². The quantitative estimate of drug-likeness (QED) is 0.804. The first-order chi connectivity index (χ1) is 11.0. The van der Waals surface area contributed by atoms with E-state index in [0.29, 0.717) is 10.4 Å². The molecule has 24 heavy (non-hydrogen) atoms. The summed E-state index contributed by atoms with van der Waals surface area (Å²) in [6.45, 7) is 1.88. The van der Waals surface area contributed by atoms with E-state index in [1.165, 1.54) is 16.8 Å². The number of halogens is 3. The molecule has 0 saturated carbocycles. The number of nitrogens with zero attached hydrogens (tertiary/aromatic N) is 3. The third-order valence-corrected chi connectivity index (χ3v) is 4.38. The van der Waals surface area contributed by atoms with Gasteiger partial charge in [0, 0.05) is 17.4 Å². The van der Waals surface area contributed by atoms with Gasteiger partial charge in [-0.2, -0.15) is 10.1 Å². The highest BCUT2D eigenvalue weighted by Gasteiger charge is 2.22. The molecule has 2 heterocycles. The van der Waals surface area contributed by atoms with E-state index < -0.39 is 11.7 Å². The van der Waals surface area contributed by atoms with Crippen LogP contribution < -0.4 is 10.6 Å². The zero-order valence-electron chi connectivity index (χ0n) is 13.1. The van der Waals surface area contributed by atoms with Gasteiger partial charge in [0.2, 0.25) is 5.95 Å². The standard InChI is InChI=1S/C15H17BrFN5O.ClH/c1-22-15(19-13(21-22)9-4-6-18-7-5-9)20-14(23)11-8-10(16)2-3-12(11)17;/h2-3,8-9,18H,4-7H2,1H3,(H,19,20,21,23);1H. The number of carbonyl (C=O) groups excluding carboxylic acids is 1. The minimum atomic E-state index is -0.577. The van der Waals surface area contributed by atoms with E-state index >= 15 is 0 Å². The van der Waals surface area contributed by atoms with Crippen molar-refractivity contribution in [2.24, 2.45) is 7.05 Å². The number of hydrogen-bond donors (Lipinski definition) is 2. The number of nitrogens with one attached hydrogen (secondary N) is 2. The first-order valence-corrected chi connectivity index (χ1v) is 8.22. The molecule has 0 atom stereocenters. The second-order valence-corrected chi connectivity index (χ2v) is 6.44. The van der Waals surface area contributed by atoms with Crippen LogP contribution in [0.1, 0.15) is 34.9 Å². The summed E-state index contributed by atoms with van der Waals surface area (Å²) in [5, 5.41) is 10.3. The topological polar surface area (TPSA) is 71.8 Å². The van der Waals surface area contributed by atoms with Gasteiger partial charge in [0.15, 0.2) is 5.82 Å². The lowest BCUT2D eigenvalue weighted by Crippen LogP contribution is -2.27. The van der Waals surface area contributed by atoms with Gasteiger partial charge in [-0.05, 0) is 44.1 Å². The summed E-state index contributed by atoms with van der Waals surface area (Å²) >= 11 is 3.23. The van der Waals surface area contributed by atoms with Gasteiger partial charge in [-0.15, -0.1) is 12.4 Å². The molecule has 130 valence electrons. The Morgan fingerprint density at radius 2 is 2.12 bits per heavy atom. The highest BCUT2D eigenvalue weighted by atomic mass is 79.9. The molecule has 0 radical (unpaired) electrons. The van der Waals surface area contributed by atoms with E-state index in [1.807, 2.05) is 0 Å². The smallest absolute Gasteiger partial charge is 0.261 e. The van der Waals surface area contributed by atoms with Crippen molar-refractivity contribution in [3.05, 3.63) is 39.9 Å². The number of benzene rings is 1. The Balaban J connectivity index is 0.00000208. The summed E-state index contributed by atoms with van der Waals surface area (Å²) in [6, 6.07) is 4.23. The van der Waals surface area contributed by atoms with E-state index in [0.717, 1.165) is 31.8 Å². The molecule has 0 aliphatic carbocycles. The summed E-state index contributed by atoms with van der Waals surface area (Å²) in [5.41, 5.74) is -0.0363. The van der Waals surface area contributed by atoms with Crippen LogP contribution >= 0.6 is 28.3 Å². The summed E-state index contributed by atoms with van der Waals surface area (Å²) in [5.74, 6) is 0.209. The number of carbonyl (C=O) groups is 1. The van der Waals surface area contributed by atoms with Gasteiger partial charge < -0.3 is 5.32 Å². The van der Waals surface area contributed by atoms with Crippen LogP contribution in [0.2, 0.25) is 0 Å². The van der Waals surface area contributed by atoms with Crippen molar-refractivity contribution in [1.29, 1.82) is 0 Å². The normalized spacial score (nSPS) is 15.0. The molecule has 1 aromatic heterocycles. The molecular weight excluding hydrogens is 401 g/mol. The van der Waals surface area contributed by atoms with E-state index in [-0.39, 0.29) is 23.9 Å². The lowest BCUT2D eigenvalue weighted by atomic mass is 9.98. The Bertz CT molecular complexity index is 733. The number of piperidine rings is 1. The highest BCUT2D eigenvalue weighted by Crippen LogP contribution is 2.23. The molecule has 0 spiro atoms. The zero-order chi connectivity index (χ0) is 16.4. The molecule has 1 amide bonds. The molecule has 6 nitrogen and oxygen atoms in total. The second kappa shape index (κ2) is 8.04. The Morgan fingerprint density at radius 3 is 2.83 bits per heavy atom. The fourth-order valence-corrected chi connectivity index (χ4v) is 2.97. The van der Waals surface area contributed by atoms with E-state index in [4.69, 9.17) is 0 Å². The molecule has 1 aliphatic heterocycles. The molecule has 1 fully saturated rings. The molecule has 2 N–H and O–H groups in total. The predicted molar refractivity (Wildman–Crippen MR) is 95.1 cm³/mol. The van der Waals surface area contributed by atoms with Crippen LogP contribution in [-0.4, -0.2) is 33.8 Å². The largest absolute Gasteiger partial charge is 0.317 e. The van der Waals surface area contributed by atoms with Gasteiger partial charge in [0.25, 0.3) is 5.91 Å². The van der Waals surface area contributed by atoms with Gasteiger partial charge in [0.05, 0.1) is 5.56 Å². The van der Waals surface area contributed by atoms with Gasteiger partial charge in [-0.25, -0.2) is 9.07 Å². The molecule has 1 saturated heterocycles.